The van der Waals surface area contributed by atoms with E-state index in [2.05, 4.69) is 5.32 Å². The summed E-state index contributed by atoms with van der Waals surface area (Å²) < 4.78 is 61.1. The number of para-hydroxylation sites is 1. The number of carbonyl (C=O) groups is 1. The van der Waals surface area contributed by atoms with Gasteiger partial charge in [0.2, 0.25) is 5.91 Å². The van der Waals surface area contributed by atoms with Crippen LogP contribution in [0.5, 0.6) is 5.75 Å². The van der Waals surface area contributed by atoms with Crippen molar-refractivity contribution in [2.24, 2.45) is 0 Å². The van der Waals surface area contributed by atoms with Gasteiger partial charge in [0.1, 0.15) is 29.6 Å². The van der Waals surface area contributed by atoms with Crippen LogP contribution < -0.4 is 14.4 Å². The zero-order chi connectivity index (χ0) is 23.5. The van der Waals surface area contributed by atoms with E-state index >= 15 is 0 Å². The highest BCUT2D eigenvalue weighted by atomic mass is 32.2. The van der Waals surface area contributed by atoms with Crippen molar-refractivity contribution in [1.82, 2.24) is 0 Å². The molecular formula is C23H22F2N2O4S. The van der Waals surface area contributed by atoms with E-state index in [-0.39, 0.29) is 16.3 Å². The normalized spacial score (nSPS) is 11.2. The van der Waals surface area contributed by atoms with Gasteiger partial charge >= 0.3 is 0 Å². The minimum absolute atomic E-state index is 0.0449. The van der Waals surface area contributed by atoms with Crippen molar-refractivity contribution in [3.63, 3.8) is 0 Å². The largest absolute Gasteiger partial charge is 0.495 e. The zero-order valence-corrected chi connectivity index (χ0v) is 18.5. The molecule has 9 heteroatoms. The summed E-state index contributed by atoms with van der Waals surface area (Å²) in [7, 11) is -2.85. The number of nitrogens with zero attached hydrogens (tertiary/aromatic N) is 1. The van der Waals surface area contributed by atoms with Crippen molar-refractivity contribution in [2.75, 3.05) is 23.3 Å². The third kappa shape index (κ3) is 4.88. The number of hydrogen-bond acceptors (Lipinski definition) is 4. The number of nitrogens with one attached hydrogen (secondary N) is 1. The highest BCUT2D eigenvalue weighted by Crippen LogP contribution is 2.33. The molecule has 0 heterocycles. The number of hydrogen-bond donors (Lipinski definition) is 1. The maximum absolute atomic E-state index is 14.0. The Balaban J connectivity index is 2.06. The fourth-order valence-corrected chi connectivity index (χ4v) is 4.48. The number of methoxy groups -OCH3 is 1. The van der Waals surface area contributed by atoms with Crippen LogP contribution in [-0.4, -0.2) is 28.0 Å². The second-order valence-electron chi connectivity index (χ2n) is 7.14. The Hall–Kier alpha value is -3.46. The second-order valence-corrected chi connectivity index (χ2v) is 9.01. The molecule has 3 aromatic rings. The van der Waals surface area contributed by atoms with Crippen molar-refractivity contribution in [3.8, 4) is 5.75 Å². The van der Waals surface area contributed by atoms with Gasteiger partial charge in [-0.3, -0.25) is 9.10 Å². The molecule has 1 N–H and O–H groups in total. The molecule has 0 bridgehead atoms. The van der Waals surface area contributed by atoms with E-state index in [1.54, 1.807) is 37.3 Å². The Morgan fingerprint density at radius 3 is 2.16 bits per heavy atom. The van der Waals surface area contributed by atoms with Crippen molar-refractivity contribution in [2.45, 2.75) is 18.7 Å². The van der Waals surface area contributed by atoms with Gasteiger partial charge < -0.3 is 10.1 Å². The molecular weight excluding hydrogens is 438 g/mol. The molecule has 0 aromatic heterocycles. The number of benzene rings is 3. The van der Waals surface area contributed by atoms with Gasteiger partial charge in [0.25, 0.3) is 10.0 Å². The van der Waals surface area contributed by atoms with E-state index in [0.29, 0.717) is 0 Å². The molecule has 1 amide bonds. The Bertz CT molecular complexity index is 1230. The zero-order valence-electron chi connectivity index (χ0n) is 17.7. The molecule has 0 aliphatic rings. The first-order valence-corrected chi connectivity index (χ1v) is 11.1. The van der Waals surface area contributed by atoms with Gasteiger partial charge in [-0.05, 0) is 55.8 Å². The van der Waals surface area contributed by atoms with Crippen LogP contribution in [0, 0.1) is 25.5 Å². The van der Waals surface area contributed by atoms with E-state index in [0.717, 1.165) is 33.6 Å². The number of sulfonamides is 1. The van der Waals surface area contributed by atoms with E-state index in [1.807, 2.05) is 6.92 Å². The molecule has 0 unspecified atom stereocenters. The highest BCUT2D eigenvalue weighted by Gasteiger charge is 2.30. The molecule has 0 atom stereocenters. The maximum Gasteiger partial charge on any atom is 0.264 e. The topological polar surface area (TPSA) is 75.7 Å². The van der Waals surface area contributed by atoms with Crippen LogP contribution in [0.2, 0.25) is 0 Å². The summed E-state index contributed by atoms with van der Waals surface area (Å²) in [4.78, 5) is 12.7. The van der Waals surface area contributed by atoms with Crippen molar-refractivity contribution >= 4 is 27.3 Å². The number of aryl methyl sites for hydroxylation is 2. The Labute approximate surface area is 185 Å². The van der Waals surface area contributed by atoms with Crippen molar-refractivity contribution in [1.29, 1.82) is 0 Å². The third-order valence-electron chi connectivity index (χ3n) is 4.73. The molecule has 0 aliphatic heterocycles. The van der Waals surface area contributed by atoms with Crippen LogP contribution in [0.4, 0.5) is 20.2 Å². The van der Waals surface area contributed by atoms with E-state index in [4.69, 9.17) is 4.74 Å². The average Bonchev–Trinajstić information content (AvgIpc) is 2.75. The summed E-state index contributed by atoms with van der Waals surface area (Å²) in [5.41, 5.74) is 1.06. The molecule has 3 aromatic carbocycles. The van der Waals surface area contributed by atoms with Gasteiger partial charge in [0.15, 0.2) is 0 Å². The molecule has 0 fully saturated rings. The second kappa shape index (κ2) is 9.35. The lowest BCUT2D eigenvalue weighted by atomic mass is 10.2. The van der Waals surface area contributed by atoms with Crippen LogP contribution in [0.15, 0.2) is 65.6 Å². The summed E-state index contributed by atoms with van der Waals surface area (Å²) in [6.07, 6.45) is 0. The van der Waals surface area contributed by atoms with Crippen LogP contribution in [0.25, 0.3) is 0 Å². The standard InChI is InChI=1S/C23H22F2N2O4S/c1-15-7-10-17(11-8-15)32(29,30)27(20-13-16(2)9-12-21(20)31-3)14-22(28)26-23-18(24)5-4-6-19(23)25/h4-13H,14H2,1-3H3,(H,26,28). The highest BCUT2D eigenvalue weighted by molar-refractivity contribution is 7.92. The lowest BCUT2D eigenvalue weighted by Gasteiger charge is -2.26. The summed E-state index contributed by atoms with van der Waals surface area (Å²) >= 11 is 0. The number of halogens is 2. The lowest BCUT2D eigenvalue weighted by molar-refractivity contribution is -0.114. The van der Waals surface area contributed by atoms with Crippen LogP contribution in [0.3, 0.4) is 0 Å². The quantitative estimate of drug-likeness (QED) is 0.566. The third-order valence-corrected chi connectivity index (χ3v) is 6.50. The average molecular weight is 461 g/mol. The smallest absolute Gasteiger partial charge is 0.264 e. The monoisotopic (exact) mass is 460 g/mol. The molecule has 0 radical (unpaired) electrons. The minimum atomic E-state index is -4.22. The van der Waals surface area contributed by atoms with Crippen molar-refractivity contribution < 1.29 is 26.7 Å². The molecule has 0 spiro atoms. The van der Waals surface area contributed by atoms with E-state index in [9.17, 15) is 22.0 Å². The number of ether oxygens (including phenoxy) is 1. The fraction of sp³-hybridized carbons (Fsp3) is 0.174. The number of anilines is 2. The summed E-state index contributed by atoms with van der Waals surface area (Å²) in [6, 6.07) is 14.1. The summed E-state index contributed by atoms with van der Waals surface area (Å²) in [5, 5.41) is 2.13. The predicted molar refractivity (Wildman–Crippen MR) is 118 cm³/mol. The Morgan fingerprint density at radius 2 is 1.56 bits per heavy atom. The van der Waals surface area contributed by atoms with Crippen LogP contribution >= 0.6 is 0 Å². The first kappa shape index (κ1) is 23.2. The van der Waals surface area contributed by atoms with Gasteiger partial charge in [-0.1, -0.05) is 29.8 Å². The van der Waals surface area contributed by atoms with Crippen LogP contribution in [-0.2, 0) is 14.8 Å². The van der Waals surface area contributed by atoms with Gasteiger partial charge in [-0.25, -0.2) is 17.2 Å². The Kier molecular flexibility index (Phi) is 6.78. The first-order valence-electron chi connectivity index (χ1n) is 9.61. The number of rotatable bonds is 7. The van der Waals surface area contributed by atoms with Crippen molar-refractivity contribution in [3.05, 3.63) is 83.4 Å². The van der Waals surface area contributed by atoms with Gasteiger partial charge in [-0.15, -0.1) is 0 Å². The number of carbonyl (C=O) groups excluding carboxylic acids is 1. The fourth-order valence-electron chi connectivity index (χ4n) is 3.06. The number of amides is 1. The van der Waals surface area contributed by atoms with Gasteiger partial charge in [0.05, 0.1) is 17.7 Å². The Morgan fingerprint density at radius 1 is 0.969 bits per heavy atom. The molecule has 6 nitrogen and oxygen atoms in total. The summed E-state index contributed by atoms with van der Waals surface area (Å²) in [6.45, 7) is 2.84. The molecule has 168 valence electrons. The maximum atomic E-state index is 14.0. The van der Waals surface area contributed by atoms with E-state index < -0.39 is 39.8 Å². The van der Waals surface area contributed by atoms with Gasteiger partial charge in [-0.2, -0.15) is 0 Å². The summed E-state index contributed by atoms with van der Waals surface area (Å²) in [5.74, 6) is -2.65. The van der Waals surface area contributed by atoms with Gasteiger partial charge in [0, 0.05) is 0 Å². The minimum Gasteiger partial charge on any atom is -0.495 e. The predicted octanol–water partition coefficient (Wildman–Crippen LogP) is 4.42. The lowest BCUT2D eigenvalue weighted by Crippen LogP contribution is -2.38. The first-order chi connectivity index (χ1) is 15.1. The SMILES string of the molecule is COc1ccc(C)cc1N(CC(=O)Nc1c(F)cccc1F)S(=O)(=O)c1ccc(C)cc1. The molecule has 3 rings (SSSR count). The molecule has 0 saturated carbocycles. The molecule has 32 heavy (non-hydrogen) atoms. The molecule has 0 saturated heterocycles. The van der Waals surface area contributed by atoms with E-state index in [1.165, 1.54) is 19.2 Å². The molecule has 0 aliphatic carbocycles. The van der Waals surface area contributed by atoms with Crippen LogP contribution in [0.1, 0.15) is 11.1 Å².